The van der Waals surface area contributed by atoms with Gasteiger partial charge >= 0.3 is 0 Å². The molecule has 0 aliphatic heterocycles. The first-order valence-electron chi connectivity index (χ1n) is 7.73. The van der Waals surface area contributed by atoms with Crippen LogP contribution in [0.1, 0.15) is 50.4 Å². The second-order valence-corrected chi connectivity index (χ2v) is 5.24. The number of aromatic nitrogens is 1. The van der Waals surface area contributed by atoms with Crippen molar-refractivity contribution in [2.24, 2.45) is 0 Å². The molecule has 1 aromatic rings. The van der Waals surface area contributed by atoms with Crippen LogP contribution < -0.4 is 10.6 Å². The van der Waals surface area contributed by atoms with Crippen molar-refractivity contribution in [1.82, 2.24) is 10.3 Å². The summed E-state index contributed by atoms with van der Waals surface area (Å²) in [6.07, 6.45) is 4.80. The molecule has 0 unspecified atom stereocenters. The highest BCUT2D eigenvalue weighted by Crippen LogP contribution is 2.05. The van der Waals surface area contributed by atoms with Crippen molar-refractivity contribution in [3.8, 4) is 0 Å². The average molecular weight is 293 g/mol. The Labute approximate surface area is 127 Å². The predicted octanol–water partition coefficient (Wildman–Crippen LogP) is 2.84. The van der Waals surface area contributed by atoms with Gasteiger partial charge in [0, 0.05) is 25.9 Å². The van der Waals surface area contributed by atoms with E-state index >= 15 is 0 Å². The minimum atomic E-state index is -0.0747. The van der Waals surface area contributed by atoms with E-state index < -0.39 is 0 Å². The lowest BCUT2D eigenvalue weighted by Gasteiger charge is -2.08. The number of rotatable bonds is 10. The number of anilines is 1. The Bertz CT molecular complexity index is 404. The van der Waals surface area contributed by atoms with Crippen molar-refractivity contribution in [3.63, 3.8) is 0 Å². The quantitative estimate of drug-likeness (QED) is 0.651. The second kappa shape index (κ2) is 10.2. The van der Waals surface area contributed by atoms with Crippen LogP contribution in [0.2, 0.25) is 0 Å². The maximum atomic E-state index is 11.9. The third kappa shape index (κ3) is 7.66. The van der Waals surface area contributed by atoms with E-state index in [1.807, 2.05) is 19.9 Å². The number of unbranched alkanes of at least 4 members (excludes halogenated alkanes) is 1. The first-order valence-corrected chi connectivity index (χ1v) is 7.73. The molecule has 1 amide bonds. The van der Waals surface area contributed by atoms with E-state index in [4.69, 9.17) is 4.74 Å². The molecule has 0 bridgehead atoms. The summed E-state index contributed by atoms with van der Waals surface area (Å²) in [6, 6.07) is 3.63. The molecule has 1 heterocycles. The fourth-order valence-electron chi connectivity index (χ4n) is 1.74. The number of carbonyl (C=O) groups is 1. The Morgan fingerprint density at radius 2 is 2.10 bits per heavy atom. The molecule has 0 fully saturated rings. The number of hydrogen-bond donors (Lipinski definition) is 2. The van der Waals surface area contributed by atoms with Gasteiger partial charge in [-0.1, -0.05) is 6.92 Å². The van der Waals surface area contributed by atoms with Gasteiger partial charge < -0.3 is 15.4 Å². The average Bonchev–Trinajstić information content (AvgIpc) is 2.48. The minimum absolute atomic E-state index is 0.0747. The lowest BCUT2D eigenvalue weighted by atomic mass is 10.2. The second-order valence-electron chi connectivity index (χ2n) is 5.24. The molecule has 2 N–H and O–H groups in total. The van der Waals surface area contributed by atoms with E-state index in [1.54, 1.807) is 12.3 Å². The highest BCUT2D eigenvalue weighted by Gasteiger charge is 2.05. The maximum Gasteiger partial charge on any atom is 0.252 e. The van der Waals surface area contributed by atoms with Gasteiger partial charge in [0.15, 0.2) is 0 Å². The summed E-state index contributed by atoms with van der Waals surface area (Å²) in [5.41, 5.74) is 0.593. The molecule has 5 heteroatoms. The zero-order valence-corrected chi connectivity index (χ0v) is 13.3. The lowest BCUT2D eigenvalue weighted by Crippen LogP contribution is -2.24. The summed E-state index contributed by atoms with van der Waals surface area (Å²) >= 11 is 0. The molecule has 1 rings (SSSR count). The number of nitrogens with zero attached hydrogens (tertiary/aromatic N) is 1. The molecule has 0 spiro atoms. The Morgan fingerprint density at radius 3 is 2.71 bits per heavy atom. The normalized spacial score (nSPS) is 10.7. The molecule has 1 aromatic heterocycles. The van der Waals surface area contributed by atoms with Crippen LogP contribution in [0, 0.1) is 0 Å². The summed E-state index contributed by atoms with van der Waals surface area (Å²) in [4.78, 5) is 16.1. The highest BCUT2D eigenvalue weighted by molar-refractivity contribution is 5.93. The molecule has 0 saturated heterocycles. The Balaban J connectivity index is 2.22. The zero-order chi connectivity index (χ0) is 15.5. The topological polar surface area (TPSA) is 63.2 Å². The van der Waals surface area contributed by atoms with E-state index in [-0.39, 0.29) is 12.0 Å². The number of nitrogens with one attached hydrogen (secondary N) is 2. The van der Waals surface area contributed by atoms with E-state index in [0.29, 0.717) is 12.1 Å². The Hall–Kier alpha value is -1.62. The Morgan fingerprint density at radius 1 is 1.29 bits per heavy atom. The van der Waals surface area contributed by atoms with E-state index in [1.165, 1.54) is 0 Å². The first kappa shape index (κ1) is 17.4. The van der Waals surface area contributed by atoms with Gasteiger partial charge in [-0.2, -0.15) is 0 Å². The molecule has 0 radical (unpaired) electrons. The van der Waals surface area contributed by atoms with Gasteiger partial charge in [-0.3, -0.25) is 4.79 Å². The van der Waals surface area contributed by atoms with Crippen LogP contribution in [-0.4, -0.2) is 36.7 Å². The van der Waals surface area contributed by atoms with Gasteiger partial charge in [0.05, 0.1) is 11.7 Å². The van der Waals surface area contributed by atoms with Gasteiger partial charge in [-0.25, -0.2) is 4.98 Å². The molecule has 0 aliphatic carbocycles. The molecule has 0 atom stereocenters. The number of hydrogen-bond acceptors (Lipinski definition) is 4. The SMILES string of the molecule is CCCNc1ccc(C(=O)NCCCCOC(C)C)cn1. The van der Waals surface area contributed by atoms with Gasteiger partial charge in [0.1, 0.15) is 5.82 Å². The van der Waals surface area contributed by atoms with Crippen molar-refractivity contribution in [2.75, 3.05) is 25.0 Å². The molecule has 0 aliphatic rings. The van der Waals surface area contributed by atoms with Crippen LogP contribution in [-0.2, 0) is 4.74 Å². The summed E-state index contributed by atoms with van der Waals surface area (Å²) in [6.45, 7) is 8.43. The molecule has 5 nitrogen and oxygen atoms in total. The zero-order valence-electron chi connectivity index (χ0n) is 13.3. The standard InChI is InChI=1S/C16H27N3O2/c1-4-9-17-15-8-7-14(12-19-15)16(20)18-10-5-6-11-21-13(2)3/h7-8,12-13H,4-6,9-11H2,1-3H3,(H,17,19)(H,18,20). The molecule has 0 saturated carbocycles. The highest BCUT2D eigenvalue weighted by atomic mass is 16.5. The number of carbonyl (C=O) groups excluding carboxylic acids is 1. The van der Waals surface area contributed by atoms with Crippen LogP contribution >= 0.6 is 0 Å². The molecular formula is C16H27N3O2. The van der Waals surface area contributed by atoms with Crippen molar-refractivity contribution in [3.05, 3.63) is 23.9 Å². The van der Waals surface area contributed by atoms with E-state index in [2.05, 4.69) is 22.5 Å². The van der Waals surface area contributed by atoms with Crippen molar-refractivity contribution in [2.45, 2.75) is 46.1 Å². The third-order valence-corrected chi connectivity index (χ3v) is 2.89. The largest absolute Gasteiger partial charge is 0.379 e. The predicted molar refractivity (Wildman–Crippen MR) is 85.7 cm³/mol. The van der Waals surface area contributed by atoms with Gasteiger partial charge in [-0.15, -0.1) is 0 Å². The van der Waals surface area contributed by atoms with E-state index in [9.17, 15) is 4.79 Å². The summed E-state index contributed by atoms with van der Waals surface area (Å²) in [5, 5.41) is 6.07. The first-order chi connectivity index (χ1) is 10.1. The summed E-state index contributed by atoms with van der Waals surface area (Å²) < 4.78 is 5.45. The minimum Gasteiger partial charge on any atom is -0.379 e. The van der Waals surface area contributed by atoms with Crippen LogP contribution in [0.4, 0.5) is 5.82 Å². The monoisotopic (exact) mass is 293 g/mol. The number of amides is 1. The fraction of sp³-hybridized carbons (Fsp3) is 0.625. The van der Waals surface area contributed by atoms with Crippen LogP contribution in [0.25, 0.3) is 0 Å². The number of ether oxygens (including phenoxy) is 1. The fourth-order valence-corrected chi connectivity index (χ4v) is 1.74. The molecule has 21 heavy (non-hydrogen) atoms. The van der Waals surface area contributed by atoms with Crippen LogP contribution in [0.15, 0.2) is 18.3 Å². The van der Waals surface area contributed by atoms with Crippen LogP contribution in [0.5, 0.6) is 0 Å². The number of pyridine rings is 1. The lowest BCUT2D eigenvalue weighted by molar-refractivity contribution is 0.0754. The van der Waals surface area contributed by atoms with Crippen LogP contribution in [0.3, 0.4) is 0 Å². The van der Waals surface area contributed by atoms with Crippen molar-refractivity contribution in [1.29, 1.82) is 0 Å². The third-order valence-electron chi connectivity index (χ3n) is 2.89. The smallest absolute Gasteiger partial charge is 0.252 e. The Kier molecular flexibility index (Phi) is 8.43. The van der Waals surface area contributed by atoms with Crippen molar-refractivity contribution < 1.29 is 9.53 Å². The van der Waals surface area contributed by atoms with Crippen molar-refractivity contribution >= 4 is 11.7 Å². The summed E-state index contributed by atoms with van der Waals surface area (Å²) in [7, 11) is 0. The van der Waals surface area contributed by atoms with Gasteiger partial charge in [0.25, 0.3) is 5.91 Å². The van der Waals surface area contributed by atoms with Gasteiger partial charge in [0.2, 0.25) is 0 Å². The molecule has 118 valence electrons. The molecular weight excluding hydrogens is 266 g/mol. The van der Waals surface area contributed by atoms with Gasteiger partial charge in [-0.05, 0) is 45.2 Å². The maximum absolute atomic E-state index is 11.9. The van der Waals surface area contributed by atoms with E-state index in [0.717, 1.165) is 38.2 Å². The molecule has 0 aromatic carbocycles. The summed E-state index contributed by atoms with van der Waals surface area (Å²) in [5.74, 6) is 0.730.